The lowest BCUT2D eigenvalue weighted by atomic mass is 10.2. The molecule has 0 bridgehead atoms. The predicted octanol–water partition coefficient (Wildman–Crippen LogP) is 3.07. The highest BCUT2D eigenvalue weighted by molar-refractivity contribution is 5.94. The van der Waals surface area contributed by atoms with Gasteiger partial charge in [0.1, 0.15) is 11.9 Å². The zero-order valence-electron chi connectivity index (χ0n) is 12.9. The number of benzene rings is 1. The normalized spacial score (nSPS) is 11.9. The molecule has 0 saturated heterocycles. The SMILES string of the molecule is CC(C(=O)N(Cc1ccccc1)c1ccccn1)n1cccn1. The molecule has 2 heterocycles. The lowest BCUT2D eigenvalue weighted by molar-refractivity contribution is -0.121. The summed E-state index contributed by atoms with van der Waals surface area (Å²) in [6.45, 7) is 2.32. The Morgan fingerprint density at radius 2 is 1.87 bits per heavy atom. The van der Waals surface area contributed by atoms with Gasteiger partial charge in [-0.25, -0.2) is 4.98 Å². The highest BCUT2D eigenvalue weighted by Gasteiger charge is 2.24. The number of rotatable bonds is 5. The van der Waals surface area contributed by atoms with Crippen LogP contribution in [0.25, 0.3) is 0 Å². The van der Waals surface area contributed by atoms with Gasteiger partial charge in [-0.2, -0.15) is 5.10 Å². The van der Waals surface area contributed by atoms with Gasteiger partial charge < -0.3 is 0 Å². The summed E-state index contributed by atoms with van der Waals surface area (Å²) in [5, 5.41) is 4.17. The first-order valence-corrected chi connectivity index (χ1v) is 7.51. The highest BCUT2D eigenvalue weighted by atomic mass is 16.2. The van der Waals surface area contributed by atoms with E-state index in [2.05, 4.69) is 10.1 Å². The molecule has 5 nitrogen and oxygen atoms in total. The minimum atomic E-state index is -0.393. The third kappa shape index (κ3) is 3.45. The van der Waals surface area contributed by atoms with Gasteiger partial charge in [0, 0.05) is 18.6 Å². The highest BCUT2D eigenvalue weighted by Crippen LogP contribution is 2.19. The van der Waals surface area contributed by atoms with Crippen molar-refractivity contribution >= 4 is 11.7 Å². The predicted molar refractivity (Wildman–Crippen MR) is 88.8 cm³/mol. The molecule has 0 aliphatic rings. The minimum Gasteiger partial charge on any atom is -0.290 e. The van der Waals surface area contributed by atoms with Crippen LogP contribution in [0, 0.1) is 0 Å². The van der Waals surface area contributed by atoms with Gasteiger partial charge >= 0.3 is 0 Å². The van der Waals surface area contributed by atoms with E-state index in [0.29, 0.717) is 12.4 Å². The number of anilines is 1. The summed E-state index contributed by atoms with van der Waals surface area (Å²) in [5.74, 6) is 0.594. The average Bonchev–Trinajstić information content (AvgIpc) is 3.15. The van der Waals surface area contributed by atoms with Crippen LogP contribution in [0.5, 0.6) is 0 Å². The van der Waals surface area contributed by atoms with Gasteiger partial charge in [-0.05, 0) is 30.7 Å². The lowest BCUT2D eigenvalue weighted by Crippen LogP contribution is -2.36. The van der Waals surface area contributed by atoms with Gasteiger partial charge in [-0.3, -0.25) is 14.4 Å². The van der Waals surface area contributed by atoms with Crippen molar-refractivity contribution in [1.82, 2.24) is 14.8 Å². The summed E-state index contributed by atoms with van der Waals surface area (Å²) >= 11 is 0. The topological polar surface area (TPSA) is 51.0 Å². The fourth-order valence-corrected chi connectivity index (χ4v) is 2.40. The zero-order valence-corrected chi connectivity index (χ0v) is 12.9. The molecule has 0 aliphatic heterocycles. The van der Waals surface area contributed by atoms with E-state index in [1.165, 1.54) is 0 Å². The molecule has 0 aliphatic carbocycles. The number of hydrogen-bond donors (Lipinski definition) is 0. The van der Waals surface area contributed by atoms with E-state index in [-0.39, 0.29) is 5.91 Å². The van der Waals surface area contributed by atoms with Gasteiger partial charge in [0.05, 0.1) is 6.54 Å². The van der Waals surface area contributed by atoms with Crippen molar-refractivity contribution in [1.29, 1.82) is 0 Å². The molecular weight excluding hydrogens is 288 g/mol. The molecule has 0 spiro atoms. The molecule has 0 saturated carbocycles. The van der Waals surface area contributed by atoms with Crippen LogP contribution in [0.3, 0.4) is 0 Å². The maximum atomic E-state index is 13.0. The second-order valence-electron chi connectivity index (χ2n) is 5.26. The average molecular weight is 306 g/mol. The third-order valence-corrected chi connectivity index (χ3v) is 3.65. The Morgan fingerprint density at radius 1 is 1.09 bits per heavy atom. The molecule has 23 heavy (non-hydrogen) atoms. The second kappa shape index (κ2) is 6.87. The fourth-order valence-electron chi connectivity index (χ4n) is 2.40. The molecule has 0 radical (unpaired) electrons. The van der Waals surface area contributed by atoms with Crippen LogP contribution in [-0.2, 0) is 11.3 Å². The van der Waals surface area contributed by atoms with Crippen molar-refractivity contribution in [3.8, 4) is 0 Å². The summed E-state index contributed by atoms with van der Waals surface area (Å²) in [5.41, 5.74) is 1.05. The molecule has 0 fully saturated rings. The van der Waals surface area contributed by atoms with Gasteiger partial charge in [0.25, 0.3) is 5.91 Å². The Hall–Kier alpha value is -2.95. The second-order valence-corrected chi connectivity index (χ2v) is 5.26. The number of pyridine rings is 1. The molecular formula is C18H18N4O. The maximum Gasteiger partial charge on any atom is 0.253 e. The fraction of sp³-hybridized carbons (Fsp3) is 0.167. The molecule has 1 unspecified atom stereocenters. The first-order valence-electron chi connectivity index (χ1n) is 7.51. The lowest BCUT2D eigenvalue weighted by Gasteiger charge is -2.25. The van der Waals surface area contributed by atoms with Crippen LogP contribution in [-0.4, -0.2) is 20.7 Å². The van der Waals surface area contributed by atoms with Crippen LogP contribution in [0.4, 0.5) is 5.82 Å². The molecule has 2 aromatic heterocycles. The Kier molecular flexibility index (Phi) is 4.47. The van der Waals surface area contributed by atoms with Crippen molar-refractivity contribution in [3.63, 3.8) is 0 Å². The van der Waals surface area contributed by atoms with E-state index >= 15 is 0 Å². The first-order chi connectivity index (χ1) is 11.3. The van der Waals surface area contributed by atoms with E-state index in [1.807, 2.05) is 61.5 Å². The van der Waals surface area contributed by atoms with E-state index < -0.39 is 6.04 Å². The standard InChI is InChI=1S/C18H18N4O/c1-15(22-13-7-12-20-22)18(23)21(17-10-5-6-11-19-17)14-16-8-3-2-4-9-16/h2-13,15H,14H2,1H3. The minimum absolute atomic E-state index is 0.0451. The van der Waals surface area contributed by atoms with E-state index in [1.54, 1.807) is 28.2 Å². The van der Waals surface area contributed by atoms with Gasteiger partial charge in [0.2, 0.25) is 0 Å². The van der Waals surface area contributed by atoms with Gasteiger partial charge in [0.15, 0.2) is 0 Å². The number of carbonyl (C=O) groups excluding carboxylic acids is 1. The monoisotopic (exact) mass is 306 g/mol. The third-order valence-electron chi connectivity index (χ3n) is 3.65. The largest absolute Gasteiger partial charge is 0.290 e. The Balaban J connectivity index is 1.90. The number of nitrogens with zero attached hydrogens (tertiary/aromatic N) is 4. The number of aromatic nitrogens is 3. The molecule has 3 aromatic rings. The number of amides is 1. The van der Waals surface area contributed by atoms with Crippen molar-refractivity contribution in [2.45, 2.75) is 19.5 Å². The van der Waals surface area contributed by atoms with Crippen molar-refractivity contribution in [2.24, 2.45) is 0 Å². The smallest absolute Gasteiger partial charge is 0.253 e. The molecule has 1 amide bonds. The van der Waals surface area contributed by atoms with E-state index in [0.717, 1.165) is 5.56 Å². The Labute approximate surface area is 135 Å². The first kappa shape index (κ1) is 15.0. The number of hydrogen-bond acceptors (Lipinski definition) is 3. The Bertz CT molecular complexity index is 741. The van der Waals surface area contributed by atoms with Crippen molar-refractivity contribution < 1.29 is 4.79 Å². The van der Waals surface area contributed by atoms with Gasteiger partial charge in [-0.15, -0.1) is 0 Å². The molecule has 5 heteroatoms. The van der Waals surface area contributed by atoms with E-state index in [9.17, 15) is 4.79 Å². The van der Waals surface area contributed by atoms with Crippen LogP contribution >= 0.6 is 0 Å². The molecule has 1 atom stereocenters. The zero-order chi connectivity index (χ0) is 16.1. The van der Waals surface area contributed by atoms with Crippen LogP contribution in [0.15, 0.2) is 73.2 Å². The Morgan fingerprint density at radius 3 is 2.52 bits per heavy atom. The van der Waals surface area contributed by atoms with Crippen molar-refractivity contribution in [3.05, 3.63) is 78.8 Å². The summed E-state index contributed by atoms with van der Waals surface area (Å²) in [4.78, 5) is 19.0. The van der Waals surface area contributed by atoms with Crippen LogP contribution in [0.2, 0.25) is 0 Å². The summed E-state index contributed by atoms with van der Waals surface area (Å²) in [6.07, 6.45) is 5.16. The number of carbonyl (C=O) groups is 1. The molecule has 116 valence electrons. The van der Waals surface area contributed by atoms with Crippen LogP contribution < -0.4 is 4.90 Å². The molecule has 3 rings (SSSR count). The van der Waals surface area contributed by atoms with E-state index in [4.69, 9.17) is 0 Å². The summed E-state index contributed by atoms with van der Waals surface area (Å²) in [7, 11) is 0. The molecule has 0 N–H and O–H groups in total. The molecule has 1 aromatic carbocycles. The van der Waals surface area contributed by atoms with Crippen molar-refractivity contribution in [2.75, 3.05) is 4.90 Å². The van der Waals surface area contributed by atoms with Crippen LogP contribution in [0.1, 0.15) is 18.5 Å². The summed E-state index contributed by atoms with van der Waals surface area (Å²) in [6, 6.07) is 16.9. The van der Waals surface area contributed by atoms with Gasteiger partial charge in [-0.1, -0.05) is 36.4 Å². The maximum absolute atomic E-state index is 13.0. The quantitative estimate of drug-likeness (QED) is 0.728. The summed E-state index contributed by atoms with van der Waals surface area (Å²) < 4.78 is 1.66.